The maximum absolute atomic E-state index is 5.29. The van der Waals surface area contributed by atoms with Crippen LogP contribution in [-0.2, 0) is 6.42 Å². The molecule has 2 heteroatoms. The van der Waals surface area contributed by atoms with E-state index in [4.69, 9.17) is 4.74 Å². The van der Waals surface area contributed by atoms with Gasteiger partial charge < -0.3 is 4.74 Å². The molecule has 1 aromatic rings. The summed E-state index contributed by atoms with van der Waals surface area (Å²) in [5.74, 6) is 1.89. The molecule has 106 valence electrons. The van der Waals surface area contributed by atoms with Crippen molar-refractivity contribution in [3.05, 3.63) is 29.8 Å². The largest absolute Gasteiger partial charge is 0.497 e. The van der Waals surface area contributed by atoms with Gasteiger partial charge in [0, 0.05) is 4.83 Å². The third-order valence-electron chi connectivity index (χ3n) is 4.16. The number of methoxy groups -OCH3 is 1. The molecule has 1 aliphatic rings. The summed E-state index contributed by atoms with van der Waals surface area (Å²) in [5.41, 5.74) is 1.37. The number of ether oxygens (including phenoxy) is 1. The second kappa shape index (κ2) is 7.94. The van der Waals surface area contributed by atoms with Gasteiger partial charge in [0.25, 0.3) is 0 Å². The van der Waals surface area contributed by atoms with Crippen LogP contribution in [0.4, 0.5) is 0 Å². The van der Waals surface area contributed by atoms with Crippen molar-refractivity contribution in [1.82, 2.24) is 0 Å². The maximum atomic E-state index is 5.29. The summed E-state index contributed by atoms with van der Waals surface area (Å²) >= 11 is 3.88. The molecule has 0 amide bonds. The fourth-order valence-corrected chi connectivity index (χ4v) is 4.00. The average molecular weight is 325 g/mol. The number of benzene rings is 1. The molecule has 1 aliphatic carbocycles. The molecule has 1 fully saturated rings. The highest BCUT2D eigenvalue weighted by atomic mass is 79.9. The van der Waals surface area contributed by atoms with Crippen LogP contribution in [0.1, 0.15) is 50.5 Å². The highest BCUT2D eigenvalue weighted by Crippen LogP contribution is 2.29. The predicted octanol–water partition coefficient (Wildman–Crippen LogP) is 5.36. The van der Waals surface area contributed by atoms with Crippen molar-refractivity contribution >= 4 is 15.9 Å². The van der Waals surface area contributed by atoms with Gasteiger partial charge in [0.15, 0.2) is 0 Å². The van der Waals surface area contributed by atoms with Crippen LogP contribution in [-0.4, -0.2) is 11.9 Å². The zero-order chi connectivity index (χ0) is 13.5. The van der Waals surface area contributed by atoms with Crippen LogP contribution < -0.4 is 4.74 Å². The van der Waals surface area contributed by atoms with E-state index in [1.807, 2.05) is 6.07 Å². The molecule has 1 unspecified atom stereocenters. The van der Waals surface area contributed by atoms with E-state index in [1.54, 1.807) is 7.11 Å². The van der Waals surface area contributed by atoms with Crippen LogP contribution >= 0.6 is 15.9 Å². The summed E-state index contributed by atoms with van der Waals surface area (Å²) in [7, 11) is 1.73. The minimum atomic E-state index is 0.600. The molecule has 1 saturated carbocycles. The van der Waals surface area contributed by atoms with E-state index in [0.717, 1.165) is 18.1 Å². The molecule has 1 aromatic carbocycles. The number of rotatable bonds is 5. The monoisotopic (exact) mass is 324 g/mol. The molecule has 0 bridgehead atoms. The zero-order valence-corrected chi connectivity index (χ0v) is 13.5. The summed E-state index contributed by atoms with van der Waals surface area (Å²) < 4.78 is 5.29. The van der Waals surface area contributed by atoms with Gasteiger partial charge in [0.1, 0.15) is 5.75 Å². The Balaban J connectivity index is 1.83. The highest BCUT2D eigenvalue weighted by molar-refractivity contribution is 9.09. The molecule has 2 rings (SSSR count). The third-order valence-corrected chi connectivity index (χ3v) is 4.85. The van der Waals surface area contributed by atoms with Gasteiger partial charge >= 0.3 is 0 Å². The van der Waals surface area contributed by atoms with Gasteiger partial charge in [-0.3, -0.25) is 0 Å². The van der Waals surface area contributed by atoms with Gasteiger partial charge in [0.2, 0.25) is 0 Å². The van der Waals surface area contributed by atoms with Crippen LogP contribution in [0, 0.1) is 5.92 Å². The molecule has 1 nitrogen and oxygen atoms in total. The SMILES string of the molecule is COc1cccc(CC(Br)CC2CCCCCC2)c1. The fourth-order valence-electron chi connectivity index (χ4n) is 3.10. The normalized spacial score (nSPS) is 18.8. The first-order valence-corrected chi connectivity index (χ1v) is 8.46. The van der Waals surface area contributed by atoms with Gasteiger partial charge in [-0.15, -0.1) is 0 Å². The van der Waals surface area contributed by atoms with Crippen molar-refractivity contribution in [1.29, 1.82) is 0 Å². The fraction of sp³-hybridized carbons (Fsp3) is 0.647. The molecule has 0 N–H and O–H groups in total. The average Bonchev–Trinajstić information content (AvgIpc) is 2.67. The van der Waals surface area contributed by atoms with Crippen molar-refractivity contribution in [2.75, 3.05) is 7.11 Å². The van der Waals surface area contributed by atoms with Gasteiger partial charge in [-0.05, 0) is 36.5 Å². The second-order valence-corrected chi connectivity index (χ2v) is 7.04. The number of alkyl halides is 1. The first-order chi connectivity index (χ1) is 9.28. The molecule has 0 radical (unpaired) electrons. The first kappa shape index (κ1) is 14.9. The van der Waals surface area contributed by atoms with Crippen molar-refractivity contribution in [2.24, 2.45) is 5.92 Å². The first-order valence-electron chi connectivity index (χ1n) is 7.55. The Hall–Kier alpha value is -0.500. The Kier molecular flexibility index (Phi) is 6.22. The van der Waals surface area contributed by atoms with Gasteiger partial charge in [-0.25, -0.2) is 0 Å². The Labute approximate surface area is 125 Å². The quantitative estimate of drug-likeness (QED) is 0.523. The summed E-state index contributed by atoms with van der Waals surface area (Å²) in [6.45, 7) is 0. The summed E-state index contributed by atoms with van der Waals surface area (Å²) in [6.07, 6.45) is 11.0. The second-order valence-electron chi connectivity index (χ2n) is 5.75. The van der Waals surface area contributed by atoms with Gasteiger partial charge in [0.05, 0.1) is 7.11 Å². The zero-order valence-electron chi connectivity index (χ0n) is 11.9. The van der Waals surface area contributed by atoms with Crippen LogP contribution in [0.2, 0.25) is 0 Å². The molecule has 0 aliphatic heterocycles. The maximum Gasteiger partial charge on any atom is 0.119 e. The van der Waals surface area contributed by atoms with E-state index in [0.29, 0.717) is 4.83 Å². The van der Waals surface area contributed by atoms with Crippen LogP contribution in [0.25, 0.3) is 0 Å². The van der Waals surface area contributed by atoms with E-state index in [9.17, 15) is 0 Å². The number of hydrogen-bond donors (Lipinski definition) is 0. The minimum absolute atomic E-state index is 0.600. The van der Waals surface area contributed by atoms with Crippen molar-refractivity contribution in [3.8, 4) is 5.75 Å². The standard InChI is InChI=1S/C17H25BrO/c1-19-17-10-6-9-15(13-17)12-16(18)11-14-7-4-2-3-5-8-14/h6,9-10,13-14,16H,2-5,7-8,11-12H2,1H3. The van der Waals surface area contributed by atoms with Gasteiger partial charge in [-0.2, -0.15) is 0 Å². The lowest BCUT2D eigenvalue weighted by molar-refractivity contribution is 0.413. The Bertz CT molecular complexity index is 369. The van der Waals surface area contributed by atoms with Crippen LogP contribution in [0.15, 0.2) is 24.3 Å². The van der Waals surface area contributed by atoms with E-state index < -0.39 is 0 Å². The van der Waals surface area contributed by atoms with E-state index in [-0.39, 0.29) is 0 Å². The lowest BCUT2D eigenvalue weighted by Gasteiger charge is -2.18. The number of halogens is 1. The third kappa shape index (κ3) is 5.18. The summed E-state index contributed by atoms with van der Waals surface area (Å²) in [5, 5.41) is 0. The highest BCUT2D eigenvalue weighted by Gasteiger charge is 2.16. The Morgan fingerprint density at radius 3 is 2.63 bits per heavy atom. The van der Waals surface area contributed by atoms with Crippen molar-refractivity contribution in [2.45, 2.75) is 56.2 Å². The van der Waals surface area contributed by atoms with Crippen LogP contribution in [0.3, 0.4) is 0 Å². The molecule has 1 atom stereocenters. The van der Waals surface area contributed by atoms with Crippen molar-refractivity contribution < 1.29 is 4.74 Å². The van der Waals surface area contributed by atoms with Crippen LogP contribution in [0.5, 0.6) is 5.75 Å². The molecular formula is C17H25BrO. The smallest absolute Gasteiger partial charge is 0.119 e. The van der Waals surface area contributed by atoms with E-state index in [2.05, 4.69) is 34.1 Å². The molecule has 0 saturated heterocycles. The molecule has 0 aromatic heterocycles. The Morgan fingerprint density at radius 1 is 1.21 bits per heavy atom. The lowest BCUT2D eigenvalue weighted by atomic mass is 9.93. The van der Waals surface area contributed by atoms with Gasteiger partial charge in [-0.1, -0.05) is 66.6 Å². The minimum Gasteiger partial charge on any atom is -0.497 e. The Morgan fingerprint density at radius 2 is 1.95 bits per heavy atom. The molecule has 0 spiro atoms. The number of hydrogen-bond acceptors (Lipinski definition) is 1. The summed E-state index contributed by atoms with van der Waals surface area (Å²) in [4.78, 5) is 0.600. The van der Waals surface area contributed by atoms with E-state index in [1.165, 1.54) is 50.5 Å². The van der Waals surface area contributed by atoms with Crippen molar-refractivity contribution in [3.63, 3.8) is 0 Å². The topological polar surface area (TPSA) is 9.23 Å². The molecular weight excluding hydrogens is 300 g/mol. The van der Waals surface area contributed by atoms with E-state index >= 15 is 0 Å². The lowest BCUT2D eigenvalue weighted by Crippen LogP contribution is -2.10. The summed E-state index contributed by atoms with van der Waals surface area (Å²) in [6, 6.07) is 8.45. The molecule has 0 heterocycles. The predicted molar refractivity (Wildman–Crippen MR) is 85.2 cm³/mol. The molecule has 19 heavy (non-hydrogen) atoms.